The maximum atomic E-state index is 12.2. The molecule has 2 aromatic heterocycles. The molecule has 0 bridgehead atoms. The Morgan fingerprint density at radius 3 is 2.42 bits per heavy atom. The highest BCUT2D eigenvalue weighted by atomic mass is 16.1. The van der Waals surface area contributed by atoms with Crippen molar-refractivity contribution in [3.05, 3.63) is 64.7 Å². The van der Waals surface area contributed by atoms with E-state index in [0.29, 0.717) is 11.5 Å². The Morgan fingerprint density at radius 1 is 1.05 bits per heavy atom. The number of hydrogen-bond donors (Lipinski definition) is 1. The Balaban J connectivity index is 2.19. The molecule has 0 saturated carbocycles. The quantitative estimate of drug-likeness (QED) is 0.758. The van der Waals surface area contributed by atoms with Gasteiger partial charge in [-0.2, -0.15) is 4.68 Å². The molecule has 0 atom stereocenters. The smallest absolute Gasteiger partial charge is 0.277 e. The third-order valence-corrected chi connectivity index (χ3v) is 2.94. The average Bonchev–Trinajstić information content (AvgIpc) is 2.77. The fourth-order valence-corrected chi connectivity index (χ4v) is 1.95. The predicted molar refractivity (Wildman–Crippen MR) is 72.2 cm³/mol. The normalized spacial score (nSPS) is 10.6. The van der Waals surface area contributed by atoms with Crippen molar-refractivity contribution < 1.29 is 0 Å². The lowest BCUT2D eigenvalue weighted by Crippen LogP contribution is -2.18. The van der Waals surface area contributed by atoms with Crippen LogP contribution in [0.1, 0.15) is 5.56 Å². The zero-order chi connectivity index (χ0) is 13.2. The first-order valence-corrected chi connectivity index (χ1v) is 5.92. The van der Waals surface area contributed by atoms with Crippen LogP contribution in [-0.2, 0) is 0 Å². The first-order valence-electron chi connectivity index (χ1n) is 5.92. The summed E-state index contributed by atoms with van der Waals surface area (Å²) in [5.74, 6) is 0.345. The van der Waals surface area contributed by atoms with Gasteiger partial charge in [-0.25, -0.2) is 9.97 Å². The molecule has 0 fully saturated rings. The number of rotatable bonds is 2. The van der Waals surface area contributed by atoms with E-state index in [2.05, 4.69) is 15.1 Å². The molecule has 0 unspecified atom stereocenters. The molecular weight excluding hydrogens is 240 g/mol. The van der Waals surface area contributed by atoms with Gasteiger partial charge >= 0.3 is 0 Å². The second kappa shape index (κ2) is 4.53. The molecule has 1 aromatic carbocycles. The largest absolute Gasteiger partial charge is 0.287 e. The maximum absolute atomic E-state index is 12.2. The van der Waals surface area contributed by atoms with Gasteiger partial charge in [0.15, 0.2) is 0 Å². The third kappa shape index (κ3) is 1.95. The van der Waals surface area contributed by atoms with Gasteiger partial charge < -0.3 is 0 Å². The summed E-state index contributed by atoms with van der Waals surface area (Å²) in [6.45, 7) is 1.79. The zero-order valence-corrected chi connectivity index (χ0v) is 10.4. The highest BCUT2D eigenvalue weighted by Crippen LogP contribution is 2.18. The lowest BCUT2D eigenvalue weighted by molar-refractivity contribution is 0.784. The summed E-state index contributed by atoms with van der Waals surface area (Å²) in [6.07, 6.45) is 3.21. The van der Waals surface area contributed by atoms with Crippen LogP contribution >= 0.6 is 0 Å². The van der Waals surface area contributed by atoms with Crippen molar-refractivity contribution in [2.45, 2.75) is 6.92 Å². The van der Waals surface area contributed by atoms with Crippen molar-refractivity contribution in [3.8, 4) is 17.2 Å². The van der Waals surface area contributed by atoms with Gasteiger partial charge in [0.2, 0.25) is 0 Å². The molecule has 3 aromatic rings. The summed E-state index contributed by atoms with van der Waals surface area (Å²) in [4.78, 5) is 20.4. The van der Waals surface area contributed by atoms with Crippen LogP contribution in [0, 0.1) is 6.92 Å². The van der Waals surface area contributed by atoms with Crippen molar-refractivity contribution >= 4 is 0 Å². The topological polar surface area (TPSA) is 63.6 Å². The molecule has 19 heavy (non-hydrogen) atoms. The second-order valence-electron chi connectivity index (χ2n) is 4.17. The Bertz CT molecular complexity index is 744. The molecule has 0 aliphatic heterocycles. The van der Waals surface area contributed by atoms with Gasteiger partial charge in [0.25, 0.3) is 11.5 Å². The molecule has 3 rings (SSSR count). The van der Waals surface area contributed by atoms with E-state index in [0.717, 1.165) is 11.3 Å². The number of nitrogens with one attached hydrogen (secondary N) is 1. The molecular formula is C14H12N4O. The molecule has 0 spiro atoms. The van der Waals surface area contributed by atoms with E-state index in [1.54, 1.807) is 25.4 Å². The molecule has 5 nitrogen and oxygen atoms in total. The minimum Gasteiger partial charge on any atom is -0.287 e. The fourth-order valence-electron chi connectivity index (χ4n) is 1.95. The molecule has 0 radical (unpaired) electrons. The van der Waals surface area contributed by atoms with Gasteiger partial charge in [0.1, 0.15) is 0 Å². The SMILES string of the molecule is Cc1c(-c2ccccc2)[nH]n(-c2ncccn2)c1=O. The number of aromatic nitrogens is 4. The molecule has 1 N–H and O–H groups in total. The summed E-state index contributed by atoms with van der Waals surface area (Å²) >= 11 is 0. The van der Waals surface area contributed by atoms with Gasteiger partial charge in [-0.15, -0.1) is 0 Å². The van der Waals surface area contributed by atoms with Crippen LogP contribution in [0.3, 0.4) is 0 Å². The Kier molecular flexibility index (Phi) is 2.72. The summed E-state index contributed by atoms with van der Waals surface area (Å²) < 4.78 is 1.36. The predicted octanol–water partition coefficient (Wildman–Crippen LogP) is 1.93. The standard InChI is InChI=1S/C14H12N4O/c1-10-12(11-6-3-2-4-7-11)17-18(13(10)19)14-15-8-5-9-16-14/h2-9,17H,1H3. The van der Waals surface area contributed by atoms with E-state index < -0.39 is 0 Å². The monoisotopic (exact) mass is 252 g/mol. The molecule has 0 aliphatic rings. The minimum atomic E-state index is -0.134. The molecule has 94 valence electrons. The van der Waals surface area contributed by atoms with Crippen LogP contribution in [-0.4, -0.2) is 19.7 Å². The van der Waals surface area contributed by atoms with E-state index in [-0.39, 0.29) is 5.56 Å². The highest BCUT2D eigenvalue weighted by molar-refractivity contribution is 5.62. The van der Waals surface area contributed by atoms with E-state index in [9.17, 15) is 4.79 Å². The van der Waals surface area contributed by atoms with E-state index in [1.807, 2.05) is 30.3 Å². The zero-order valence-electron chi connectivity index (χ0n) is 10.4. The van der Waals surface area contributed by atoms with E-state index >= 15 is 0 Å². The number of hydrogen-bond acceptors (Lipinski definition) is 3. The number of H-pyrrole nitrogens is 1. The van der Waals surface area contributed by atoms with Crippen molar-refractivity contribution in [1.29, 1.82) is 0 Å². The van der Waals surface area contributed by atoms with Crippen LogP contribution in [0.25, 0.3) is 17.2 Å². The van der Waals surface area contributed by atoms with E-state index in [1.165, 1.54) is 4.68 Å². The summed E-state index contributed by atoms with van der Waals surface area (Å²) in [5, 5.41) is 3.06. The van der Waals surface area contributed by atoms with Crippen LogP contribution < -0.4 is 5.56 Å². The summed E-state index contributed by atoms with van der Waals surface area (Å²) in [6, 6.07) is 11.4. The summed E-state index contributed by atoms with van der Waals surface area (Å²) in [5.41, 5.74) is 2.27. The van der Waals surface area contributed by atoms with Gasteiger partial charge in [0, 0.05) is 18.0 Å². The first-order chi connectivity index (χ1) is 9.27. The Hall–Kier alpha value is -2.69. The lowest BCUT2D eigenvalue weighted by atomic mass is 10.1. The number of nitrogens with zero attached hydrogens (tertiary/aromatic N) is 3. The van der Waals surface area contributed by atoms with Crippen molar-refractivity contribution in [2.24, 2.45) is 0 Å². The average molecular weight is 252 g/mol. The van der Waals surface area contributed by atoms with Crippen molar-refractivity contribution in [3.63, 3.8) is 0 Å². The molecule has 0 saturated heterocycles. The summed E-state index contributed by atoms with van der Waals surface area (Å²) in [7, 11) is 0. The van der Waals surface area contributed by atoms with E-state index in [4.69, 9.17) is 0 Å². The highest BCUT2D eigenvalue weighted by Gasteiger charge is 2.13. The molecule has 0 amide bonds. The number of aromatic amines is 1. The van der Waals surface area contributed by atoms with Crippen LogP contribution in [0.5, 0.6) is 0 Å². The molecule has 0 aliphatic carbocycles. The first kappa shape index (κ1) is 11.4. The van der Waals surface area contributed by atoms with Crippen molar-refractivity contribution in [1.82, 2.24) is 19.7 Å². The molecule has 2 heterocycles. The van der Waals surface area contributed by atoms with Gasteiger partial charge in [0.05, 0.1) is 5.69 Å². The van der Waals surface area contributed by atoms with Crippen molar-refractivity contribution in [2.75, 3.05) is 0 Å². The second-order valence-corrected chi connectivity index (χ2v) is 4.17. The fraction of sp³-hybridized carbons (Fsp3) is 0.0714. The van der Waals surface area contributed by atoms with Gasteiger partial charge in [-0.05, 0) is 18.6 Å². The van der Waals surface area contributed by atoms with Crippen LogP contribution in [0.4, 0.5) is 0 Å². The van der Waals surface area contributed by atoms with Crippen LogP contribution in [0.2, 0.25) is 0 Å². The Labute approximate surface area is 109 Å². The third-order valence-electron chi connectivity index (χ3n) is 2.94. The molecule has 5 heteroatoms. The number of benzene rings is 1. The van der Waals surface area contributed by atoms with Gasteiger partial charge in [-0.1, -0.05) is 30.3 Å². The van der Waals surface area contributed by atoms with Gasteiger partial charge in [-0.3, -0.25) is 9.89 Å². The Morgan fingerprint density at radius 2 is 1.74 bits per heavy atom. The maximum Gasteiger partial charge on any atom is 0.277 e. The lowest BCUT2D eigenvalue weighted by Gasteiger charge is -1.99. The van der Waals surface area contributed by atoms with Crippen LogP contribution in [0.15, 0.2) is 53.6 Å². The minimum absolute atomic E-state index is 0.134.